The number of pyridine rings is 1. The van der Waals surface area contributed by atoms with Gasteiger partial charge in [-0.05, 0) is 41.8 Å². The number of benzene rings is 1. The summed E-state index contributed by atoms with van der Waals surface area (Å²) in [6.45, 7) is 0.349. The van der Waals surface area contributed by atoms with E-state index in [1.165, 1.54) is 40.8 Å². The molecule has 0 spiro atoms. The fourth-order valence-electron chi connectivity index (χ4n) is 4.05. The summed E-state index contributed by atoms with van der Waals surface area (Å²) < 4.78 is 63.5. The lowest BCUT2D eigenvalue weighted by Crippen LogP contribution is -2.56. The van der Waals surface area contributed by atoms with Crippen molar-refractivity contribution in [2.75, 3.05) is 18.1 Å². The summed E-state index contributed by atoms with van der Waals surface area (Å²) in [6, 6.07) is 9.95. The molecule has 1 fully saturated rings. The highest BCUT2D eigenvalue weighted by atomic mass is 32.2. The van der Waals surface area contributed by atoms with Gasteiger partial charge in [-0.3, -0.25) is 18.5 Å². The van der Waals surface area contributed by atoms with E-state index >= 15 is 0 Å². The monoisotopic (exact) mass is 575 g/mol. The minimum absolute atomic E-state index is 0.158. The minimum atomic E-state index is -4.56. The summed E-state index contributed by atoms with van der Waals surface area (Å²) in [6.07, 6.45) is 0.489. The lowest BCUT2D eigenvalue weighted by Gasteiger charge is -2.39. The van der Waals surface area contributed by atoms with Gasteiger partial charge in [0.15, 0.2) is 5.13 Å². The van der Waals surface area contributed by atoms with E-state index in [4.69, 9.17) is 0 Å². The van der Waals surface area contributed by atoms with E-state index in [-0.39, 0.29) is 5.56 Å². The Morgan fingerprint density at radius 1 is 1.10 bits per heavy atom. The van der Waals surface area contributed by atoms with Crippen molar-refractivity contribution < 1.29 is 31.2 Å². The van der Waals surface area contributed by atoms with Crippen LogP contribution in [0.2, 0.25) is 0 Å². The van der Waals surface area contributed by atoms with Crippen LogP contribution in [-0.2, 0) is 21.0 Å². The SMILES string of the molecule is CS(=O)(=O)n1ccc(C(=O)N2CC[C@H]2C(=O)Nc2nc(-c3cccc(-c4ccnc(C(F)(F)F)c4)c3)cs2)c1. The van der Waals surface area contributed by atoms with Gasteiger partial charge in [0.25, 0.3) is 5.91 Å². The van der Waals surface area contributed by atoms with E-state index in [9.17, 15) is 31.2 Å². The maximum Gasteiger partial charge on any atom is 0.433 e. The molecule has 39 heavy (non-hydrogen) atoms. The van der Waals surface area contributed by atoms with E-state index in [0.29, 0.717) is 40.5 Å². The fraction of sp³-hybridized carbons (Fsp3) is 0.200. The van der Waals surface area contributed by atoms with E-state index in [0.717, 1.165) is 22.5 Å². The topological polar surface area (TPSA) is 114 Å². The molecule has 1 saturated heterocycles. The van der Waals surface area contributed by atoms with Crippen molar-refractivity contribution in [3.05, 3.63) is 77.7 Å². The Morgan fingerprint density at radius 2 is 1.85 bits per heavy atom. The normalized spacial score (nSPS) is 15.6. The second kappa shape index (κ2) is 9.93. The van der Waals surface area contributed by atoms with Gasteiger partial charge >= 0.3 is 6.18 Å². The summed E-state index contributed by atoms with van der Waals surface area (Å²) in [7, 11) is -3.54. The molecular formula is C25H20F3N5O4S2. The number of rotatable bonds is 6. The van der Waals surface area contributed by atoms with E-state index in [2.05, 4.69) is 15.3 Å². The van der Waals surface area contributed by atoms with E-state index in [1.54, 1.807) is 29.6 Å². The first-order valence-electron chi connectivity index (χ1n) is 11.5. The highest BCUT2D eigenvalue weighted by molar-refractivity contribution is 7.89. The number of carbonyl (C=O) groups is 2. The van der Waals surface area contributed by atoms with Gasteiger partial charge in [0.2, 0.25) is 15.9 Å². The number of hydrogen-bond acceptors (Lipinski definition) is 7. The third kappa shape index (κ3) is 5.56. The number of alkyl halides is 3. The Balaban J connectivity index is 1.28. The number of halogens is 3. The molecule has 0 unspecified atom stereocenters. The lowest BCUT2D eigenvalue weighted by atomic mass is 10.0. The van der Waals surface area contributed by atoms with Crippen molar-refractivity contribution in [1.82, 2.24) is 18.8 Å². The van der Waals surface area contributed by atoms with Crippen LogP contribution in [0.5, 0.6) is 0 Å². The molecule has 3 aromatic heterocycles. The van der Waals surface area contributed by atoms with Crippen molar-refractivity contribution in [3.63, 3.8) is 0 Å². The van der Waals surface area contributed by atoms with Gasteiger partial charge in [-0.1, -0.05) is 18.2 Å². The largest absolute Gasteiger partial charge is 0.433 e. The molecule has 1 aromatic carbocycles. The first-order chi connectivity index (χ1) is 18.4. The average molecular weight is 576 g/mol. The predicted octanol–water partition coefficient (Wildman–Crippen LogP) is 4.35. The van der Waals surface area contributed by atoms with Gasteiger partial charge in [0.1, 0.15) is 11.7 Å². The summed E-state index contributed by atoms with van der Waals surface area (Å²) in [5.74, 6) is -0.881. The second-order valence-electron chi connectivity index (χ2n) is 8.83. The van der Waals surface area contributed by atoms with Gasteiger partial charge in [0, 0.05) is 36.1 Å². The molecule has 0 saturated carbocycles. The number of amides is 2. The standard InChI is InChI=1S/C25H20F3N5O4S2/c1-39(36,37)32-9-6-18(13-32)23(35)33-10-7-20(33)22(34)31-24-30-19(14-38-24)17-4-2-3-15(11-17)16-5-8-29-21(12-16)25(26,27)28/h2-6,8-9,11-14,20H,7,10H2,1H3,(H,30,31,34)/t20-/m0/s1. The Hall–Kier alpha value is -4.04. The molecule has 5 rings (SSSR count). The van der Waals surface area contributed by atoms with E-state index < -0.39 is 39.7 Å². The first kappa shape index (κ1) is 26.6. The van der Waals surface area contributed by atoms with Crippen molar-refractivity contribution in [1.29, 1.82) is 0 Å². The van der Waals surface area contributed by atoms with Gasteiger partial charge in [-0.15, -0.1) is 11.3 Å². The smallest absolute Gasteiger partial charge is 0.326 e. The molecule has 1 N–H and O–H groups in total. The maximum atomic E-state index is 13.1. The number of nitrogens with one attached hydrogen (secondary N) is 1. The molecule has 0 radical (unpaired) electrons. The summed E-state index contributed by atoms with van der Waals surface area (Å²) >= 11 is 1.17. The molecule has 4 aromatic rings. The molecule has 14 heteroatoms. The molecule has 9 nitrogen and oxygen atoms in total. The number of likely N-dealkylation sites (tertiary alicyclic amines) is 1. The summed E-state index contributed by atoms with van der Waals surface area (Å²) in [5, 5.41) is 4.72. The van der Waals surface area contributed by atoms with Gasteiger partial charge in [-0.25, -0.2) is 13.4 Å². The van der Waals surface area contributed by atoms with Crippen LogP contribution in [0.4, 0.5) is 18.3 Å². The Labute approximate surface area is 225 Å². The van der Waals surface area contributed by atoms with Crippen molar-refractivity contribution in [2.24, 2.45) is 0 Å². The lowest BCUT2D eigenvalue weighted by molar-refractivity contribution is -0.141. The maximum absolute atomic E-state index is 13.1. The van der Waals surface area contributed by atoms with Crippen LogP contribution in [0.1, 0.15) is 22.5 Å². The van der Waals surface area contributed by atoms with Crippen LogP contribution in [0.3, 0.4) is 0 Å². The quantitative estimate of drug-likeness (QED) is 0.366. The zero-order chi connectivity index (χ0) is 27.9. The van der Waals surface area contributed by atoms with Crippen molar-refractivity contribution in [3.8, 4) is 22.4 Å². The average Bonchev–Trinajstić information content (AvgIpc) is 3.53. The fourth-order valence-corrected chi connectivity index (χ4v) is 5.36. The van der Waals surface area contributed by atoms with Crippen LogP contribution < -0.4 is 5.32 Å². The number of nitrogens with zero attached hydrogens (tertiary/aromatic N) is 4. The molecule has 1 aliphatic rings. The summed E-state index contributed by atoms with van der Waals surface area (Å²) in [5.41, 5.74) is 1.24. The van der Waals surface area contributed by atoms with Gasteiger partial charge in [0.05, 0.1) is 17.5 Å². The Bertz CT molecular complexity index is 1680. The highest BCUT2D eigenvalue weighted by Crippen LogP contribution is 2.33. The van der Waals surface area contributed by atoms with Crippen LogP contribution in [-0.4, -0.2) is 57.9 Å². The van der Waals surface area contributed by atoms with Crippen LogP contribution in [0, 0.1) is 0 Å². The van der Waals surface area contributed by atoms with Crippen LogP contribution in [0.25, 0.3) is 22.4 Å². The molecule has 0 aliphatic carbocycles. The van der Waals surface area contributed by atoms with Crippen molar-refractivity contribution in [2.45, 2.75) is 18.6 Å². The zero-order valence-corrected chi connectivity index (χ0v) is 21.8. The van der Waals surface area contributed by atoms with Gasteiger partial charge in [-0.2, -0.15) is 13.2 Å². The number of carbonyl (C=O) groups excluding carboxylic acids is 2. The number of anilines is 1. The Morgan fingerprint density at radius 3 is 2.51 bits per heavy atom. The molecule has 1 atom stereocenters. The van der Waals surface area contributed by atoms with Crippen LogP contribution in [0.15, 0.2) is 66.4 Å². The first-order valence-corrected chi connectivity index (χ1v) is 14.2. The highest BCUT2D eigenvalue weighted by Gasteiger charge is 2.38. The van der Waals surface area contributed by atoms with E-state index in [1.807, 2.05) is 0 Å². The van der Waals surface area contributed by atoms with Crippen LogP contribution >= 0.6 is 11.3 Å². The van der Waals surface area contributed by atoms with Crippen molar-refractivity contribution >= 4 is 38.3 Å². The minimum Gasteiger partial charge on any atom is -0.326 e. The summed E-state index contributed by atoms with van der Waals surface area (Å²) in [4.78, 5) is 34.9. The molecule has 202 valence electrons. The van der Waals surface area contributed by atoms with Gasteiger partial charge < -0.3 is 10.2 Å². The third-order valence-corrected chi connectivity index (χ3v) is 7.91. The number of aromatic nitrogens is 3. The molecule has 2 amide bonds. The zero-order valence-electron chi connectivity index (χ0n) is 20.2. The Kier molecular flexibility index (Phi) is 6.76. The predicted molar refractivity (Wildman–Crippen MR) is 139 cm³/mol. The molecule has 1 aliphatic heterocycles. The molecule has 0 bridgehead atoms. The molecule has 4 heterocycles. The second-order valence-corrected chi connectivity index (χ2v) is 11.6. The number of thiazole rings is 1. The number of hydrogen-bond donors (Lipinski definition) is 1. The molecular weight excluding hydrogens is 555 g/mol. The third-order valence-electron chi connectivity index (χ3n) is 6.16.